The molecule has 0 radical (unpaired) electrons. The first-order valence-electron chi connectivity index (χ1n) is 9.47. The minimum atomic E-state index is -0.355. The van der Waals surface area contributed by atoms with E-state index in [1.807, 2.05) is 80.6 Å². The zero-order chi connectivity index (χ0) is 20.1. The Morgan fingerprint density at radius 3 is 2.29 bits per heavy atom. The molecule has 0 saturated heterocycles. The molecule has 3 nitrogen and oxygen atoms in total. The summed E-state index contributed by atoms with van der Waals surface area (Å²) < 4.78 is 0. The van der Waals surface area contributed by atoms with Crippen molar-refractivity contribution >= 4 is 23.2 Å². The molecule has 4 heteroatoms. The average Bonchev–Trinajstić information content (AvgIpc) is 2.70. The van der Waals surface area contributed by atoms with Crippen molar-refractivity contribution in [3.8, 4) is 0 Å². The summed E-state index contributed by atoms with van der Waals surface area (Å²) in [6, 6.07) is 23.5. The van der Waals surface area contributed by atoms with Crippen LogP contribution in [0.3, 0.4) is 0 Å². The number of carbonyl (C=O) groups excluding carboxylic acids is 1. The van der Waals surface area contributed by atoms with Gasteiger partial charge in [-0.3, -0.25) is 4.79 Å². The number of hydrogen-bond acceptors (Lipinski definition) is 1. The normalized spacial score (nSPS) is 13.0. The van der Waals surface area contributed by atoms with Gasteiger partial charge in [0.05, 0.1) is 0 Å². The number of carbonyl (C=O) groups is 1. The summed E-state index contributed by atoms with van der Waals surface area (Å²) in [5.74, 6) is -0.0271. The third-order valence-corrected chi connectivity index (χ3v) is 5.22. The fraction of sp³-hybridized carbons (Fsp3) is 0.208. The topological polar surface area (TPSA) is 45.7 Å². The second kappa shape index (κ2) is 9.05. The van der Waals surface area contributed by atoms with Crippen LogP contribution in [-0.4, -0.2) is 5.91 Å². The Morgan fingerprint density at radius 2 is 1.61 bits per heavy atom. The van der Waals surface area contributed by atoms with Crippen molar-refractivity contribution in [3.63, 3.8) is 0 Å². The molecule has 0 saturated carbocycles. The highest BCUT2D eigenvalue weighted by molar-refractivity contribution is 6.30. The second-order valence-corrected chi connectivity index (χ2v) is 7.67. The van der Waals surface area contributed by atoms with Gasteiger partial charge in [-0.05, 0) is 50.1 Å². The number of aryl methyl sites for hydroxylation is 2. The summed E-state index contributed by atoms with van der Waals surface area (Å²) >= 11 is 6.01. The minimum absolute atomic E-state index is 0.0271. The first-order valence-corrected chi connectivity index (χ1v) is 9.85. The number of nitrogens with one attached hydrogen (secondary N) is 1. The number of benzene rings is 3. The molecule has 3 N–H and O–H groups in total. The monoisotopic (exact) mass is 393 g/mol. The van der Waals surface area contributed by atoms with E-state index in [0.717, 1.165) is 27.9 Å². The summed E-state index contributed by atoms with van der Waals surface area (Å²) in [6.07, 6.45) is 0. The van der Waals surface area contributed by atoms with Gasteiger partial charge in [-0.25, -0.2) is 0 Å². The number of anilines is 1. The van der Waals surface area contributed by atoms with E-state index in [1.165, 1.54) is 0 Å². The van der Waals surface area contributed by atoms with Gasteiger partial charge in [-0.2, -0.15) is 0 Å². The van der Waals surface area contributed by atoms with Crippen LogP contribution in [0, 0.1) is 13.8 Å². The van der Waals surface area contributed by atoms with E-state index in [0.29, 0.717) is 5.02 Å². The van der Waals surface area contributed by atoms with Gasteiger partial charge in [0.1, 0.15) is 6.04 Å². The summed E-state index contributed by atoms with van der Waals surface area (Å²) in [5.41, 5.74) is 5.14. The van der Waals surface area contributed by atoms with E-state index in [9.17, 15) is 4.79 Å². The van der Waals surface area contributed by atoms with Crippen molar-refractivity contribution in [2.24, 2.45) is 0 Å². The summed E-state index contributed by atoms with van der Waals surface area (Å²) in [6.45, 7) is 6.13. The molecule has 0 bridgehead atoms. The molecule has 2 atom stereocenters. The number of nitrogens with two attached hydrogens (primary N) is 1. The van der Waals surface area contributed by atoms with E-state index in [-0.39, 0.29) is 18.0 Å². The molecule has 0 spiro atoms. The van der Waals surface area contributed by atoms with Crippen LogP contribution < -0.4 is 10.6 Å². The maximum Gasteiger partial charge on any atom is 0.287 e. The number of rotatable bonds is 6. The zero-order valence-electron chi connectivity index (χ0n) is 16.4. The second-order valence-electron chi connectivity index (χ2n) is 7.23. The lowest BCUT2D eigenvalue weighted by atomic mass is 10.0. The van der Waals surface area contributed by atoms with E-state index in [1.54, 1.807) is 0 Å². The van der Waals surface area contributed by atoms with Crippen molar-refractivity contribution in [2.75, 3.05) is 5.32 Å². The van der Waals surface area contributed by atoms with Crippen LogP contribution in [0.4, 0.5) is 5.69 Å². The van der Waals surface area contributed by atoms with Crippen LogP contribution in [-0.2, 0) is 4.79 Å². The number of hydrogen-bond donors (Lipinski definition) is 2. The SMILES string of the molecule is Cc1ccc(C)c(NC(=O)[C@H]([NH2+][C@@H](C)c2ccc(Cl)cc2)c2ccccc2)c1. The Hall–Kier alpha value is -2.62. The van der Waals surface area contributed by atoms with Crippen LogP contribution in [0.25, 0.3) is 0 Å². The highest BCUT2D eigenvalue weighted by Gasteiger charge is 2.27. The molecular formula is C24H26ClN2O+. The third-order valence-electron chi connectivity index (χ3n) is 4.97. The van der Waals surface area contributed by atoms with Gasteiger partial charge < -0.3 is 10.6 Å². The minimum Gasteiger partial charge on any atom is -0.326 e. The first-order chi connectivity index (χ1) is 13.4. The van der Waals surface area contributed by atoms with Gasteiger partial charge in [-0.1, -0.05) is 66.2 Å². The summed E-state index contributed by atoms with van der Waals surface area (Å²) in [4.78, 5) is 13.2. The van der Waals surface area contributed by atoms with Crippen molar-refractivity contribution < 1.29 is 10.1 Å². The van der Waals surface area contributed by atoms with Crippen LogP contribution in [0.2, 0.25) is 5.02 Å². The average molecular weight is 394 g/mol. The quantitative estimate of drug-likeness (QED) is 0.610. The standard InChI is InChI=1S/C24H25ClN2O/c1-16-9-10-17(2)22(15-16)27-24(28)23(20-7-5-4-6-8-20)26-18(3)19-11-13-21(25)14-12-19/h4-15,18,23,26H,1-3H3,(H,27,28)/p+1/t18-,23+/m0/s1. The molecule has 28 heavy (non-hydrogen) atoms. The first kappa shape index (κ1) is 20.1. The van der Waals surface area contributed by atoms with Gasteiger partial charge in [0, 0.05) is 21.8 Å². The molecule has 0 aromatic heterocycles. The molecule has 0 aliphatic carbocycles. The molecule has 3 aromatic carbocycles. The summed E-state index contributed by atoms with van der Waals surface area (Å²) in [7, 11) is 0. The highest BCUT2D eigenvalue weighted by Crippen LogP contribution is 2.20. The van der Waals surface area contributed by atoms with Gasteiger partial charge in [0.15, 0.2) is 6.04 Å². The van der Waals surface area contributed by atoms with E-state index >= 15 is 0 Å². The van der Waals surface area contributed by atoms with E-state index in [2.05, 4.69) is 23.6 Å². The van der Waals surface area contributed by atoms with Crippen molar-refractivity contribution in [3.05, 3.63) is 100 Å². The highest BCUT2D eigenvalue weighted by atomic mass is 35.5. The molecule has 0 fully saturated rings. The Balaban J connectivity index is 1.85. The molecular weight excluding hydrogens is 368 g/mol. The molecule has 0 heterocycles. The van der Waals surface area contributed by atoms with Crippen molar-refractivity contribution in [1.29, 1.82) is 0 Å². The molecule has 0 unspecified atom stereocenters. The van der Waals surface area contributed by atoms with Gasteiger partial charge >= 0.3 is 0 Å². The smallest absolute Gasteiger partial charge is 0.287 e. The maximum absolute atomic E-state index is 13.2. The fourth-order valence-corrected chi connectivity index (χ4v) is 3.38. The van der Waals surface area contributed by atoms with Gasteiger partial charge in [0.25, 0.3) is 5.91 Å². The van der Waals surface area contributed by atoms with E-state index < -0.39 is 0 Å². The van der Waals surface area contributed by atoms with Crippen LogP contribution >= 0.6 is 11.6 Å². The maximum atomic E-state index is 13.2. The Kier molecular flexibility index (Phi) is 6.50. The lowest BCUT2D eigenvalue weighted by Gasteiger charge is -2.21. The zero-order valence-corrected chi connectivity index (χ0v) is 17.2. The van der Waals surface area contributed by atoms with Crippen molar-refractivity contribution in [2.45, 2.75) is 32.9 Å². The Morgan fingerprint density at radius 1 is 0.929 bits per heavy atom. The Labute approximate surface area is 171 Å². The largest absolute Gasteiger partial charge is 0.326 e. The molecule has 3 aromatic rings. The molecule has 0 aliphatic heterocycles. The van der Waals surface area contributed by atoms with Crippen LogP contribution in [0.5, 0.6) is 0 Å². The Bertz CT molecular complexity index is 939. The van der Waals surface area contributed by atoms with Gasteiger partial charge in [-0.15, -0.1) is 0 Å². The molecule has 0 aliphatic rings. The third kappa shape index (κ3) is 5.00. The van der Waals surface area contributed by atoms with Crippen LogP contribution in [0.1, 0.15) is 41.3 Å². The molecule has 144 valence electrons. The number of quaternary nitrogens is 1. The number of amides is 1. The lowest BCUT2D eigenvalue weighted by molar-refractivity contribution is -0.718. The fourth-order valence-electron chi connectivity index (χ4n) is 3.26. The summed E-state index contributed by atoms with van der Waals surface area (Å²) in [5, 5.41) is 5.93. The van der Waals surface area contributed by atoms with Gasteiger partial charge in [0.2, 0.25) is 0 Å². The van der Waals surface area contributed by atoms with Crippen LogP contribution in [0.15, 0.2) is 72.8 Å². The number of halogens is 1. The molecule has 3 rings (SSSR count). The van der Waals surface area contributed by atoms with E-state index in [4.69, 9.17) is 11.6 Å². The predicted molar refractivity (Wildman–Crippen MR) is 116 cm³/mol. The molecule has 1 amide bonds. The predicted octanol–water partition coefficient (Wildman–Crippen LogP) is 4.96. The lowest BCUT2D eigenvalue weighted by Crippen LogP contribution is -2.87. The van der Waals surface area contributed by atoms with Crippen molar-refractivity contribution in [1.82, 2.24) is 0 Å².